The minimum absolute atomic E-state index is 1.75. The van der Waals surface area contributed by atoms with Crippen molar-refractivity contribution in [3.8, 4) is 0 Å². The maximum atomic E-state index is 3.90. The van der Waals surface area contributed by atoms with E-state index >= 15 is 0 Å². The molecule has 0 spiro atoms. The number of rotatable bonds is 1. The average molecular weight is 92.9 g/mol. The third-order valence-corrected chi connectivity index (χ3v) is 0.789. The lowest BCUT2D eigenvalue weighted by atomic mass is 10.0. The first-order valence-electron chi connectivity index (χ1n) is 2.22. The summed E-state index contributed by atoms with van der Waals surface area (Å²) in [7, 11) is 1.89. The predicted molar refractivity (Wildman–Crippen MR) is 29.2 cm³/mol. The van der Waals surface area contributed by atoms with Crippen molar-refractivity contribution in [2.75, 3.05) is 0 Å². The topological polar surface area (TPSA) is 17.8 Å². The molecule has 7 heavy (non-hydrogen) atoms. The van der Waals surface area contributed by atoms with Gasteiger partial charge in [-0.3, -0.25) is 0 Å². The zero-order chi connectivity index (χ0) is 5.11. The van der Waals surface area contributed by atoms with Gasteiger partial charge >= 0.3 is 0 Å². The molecular formula is C4H6BN2. The van der Waals surface area contributed by atoms with E-state index in [-0.39, 0.29) is 0 Å². The van der Waals surface area contributed by atoms with Crippen molar-refractivity contribution in [3.05, 3.63) is 18.5 Å². The van der Waals surface area contributed by atoms with E-state index in [0.29, 0.717) is 0 Å². The Bertz CT molecular complexity index is 124. The summed E-state index contributed by atoms with van der Waals surface area (Å²) in [4.78, 5) is 0. The standard InChI is InChI=1S/C4H6BN2/c1-5-7-4-2-3-6-7/h2-4H,1H3. The van der Waals surface area contributed by atoms with Gasteiger partial charge in [0.05, 0.1) is 0 Å². The number of aromatic nitrogens is 2. The molecular weight excluding hydrogens is 86.9 g/mol. The molecule has 0 N–H and O–H groups in total. The van der Waals surface area contributed by atoms with Crippen LogP contribution in [0.25, 0.3) is 0 Å². The lowest BCUT2D eigenvalue weighted by molar-refractivity contribution is 0.977. The highest BCUT2D eigenvalue weighted by Gasteiger charge is 1.80. The van der Waals surface area contributed by atoms with Crippen LogP contribution in [0, 0.1) is 0 Å². The molecule has 0 saturated heterocycles. The minimum atomic E-state index is 1.75. The second-order valence-electron chi connectivity index (χ2n) is 1.24. The first-order valence-corrected chi connectivity index (χ1v) is 2.22. The summed E-state index contributed by atoms with van der Waals surface area (Å²) >= 11 is 0. The predicted octanol–water partition coefficient (Wildman–Crippen LogP) is 0.398. The van der Waals surface area contributed by atoms with E-state index in [1.54, 1.807) is 10.8 Å². The Hall–Kier alpha value is -0.725. The highest BCUT2D eigenvalue weighted by atomic mass is 15.2. The van der Waals surface area contributed by atoms with Gasteiger partial charge in [0.1, 0.15) is 0 Å². The van der Waals surface area contributed by atoms with Crippen LogP contribution in [-0.2, 0) is 0 Å². The molecule has 1 heterocycles. The van der Waals surface area contributed by atoms with Gasteiger partial charge in [0.15, 0.2) is 0 Å². The maximum absolute atomic E-state index is 3.90. The Morgan fingerprint density at radius 1 is 1.71 bits per heavy atom. The summed E-state index contributed by atoms with van der Waals surface area (Å²) in [6.45, 7) is 1.94. The molecule has 0 atom stereocenters. The molecule has 0 amide bonds. The highest BCUT2D eigenvalue weighted by molar-refractivity contribution is 6.30. The van der Waals surface area contributed by atoms with Crippen molar-refractivity contribution in [2.24, 2.45) is 0 Å². The van der Waals surface area contributed by atoms with Crippen LogP contribution in [0.2, 0.25) is 6.82 Å². The van der Waals surface area contributed by atoms with Crippen molar-refractivity contribution in [3.63, 3.8) is 0 Å². The monoisotopic (exact) mass is 93.1 g/mol. The van der Waals surface area contributed by atoms with Gasteiger partial charge in [0.25, 0.3) is 7.41 Å². The van der Waals surface area contributed by atoms with Crippen LogP contribution in [0.4, 0.5) is 0 Å². The van der Waals surface area contributed by atoms with Gasteiger partial charge in [-0.2, -0.15) is 5.10 Å². The van der Waals surface area contributed by atoms with Crippen LogP contribution in [-0.4, -0.2) is 17.1 Å². The van der Waals surface area contributed by atoms with Crippen LogP contribution in [0.1, 0.15) is 0 Å². The molecule has 1 aromatic heterocycles. The fraction of sp³-hybridized carbons (Fsp3) is 0.250. The van der Waals surface area contributed by atoms with Gasteiger partial charge in [0.2, 0.25) is 0 Å². The molecule has 0 saturated carbocycles. The van der Waals surface area contributed by atoms with E-state index in [2.05, 4.69) is 5.10 Å². The summed E-state index contributed by atoms with van der Waals surface area (Å²) in [5.41, 5.74) is 0. The second kappa shape index (κ2) is 1.82. The smallest absolute Gasteiger partial charge is 0.276 e. The van der Waals surface area contributed by atoms with Gasteiger partial charge in [-0.15, -0.1) is 0 Å². The molecule has 2 nitrogen and oxygen atoms in total. The van der Waals surface area contributed by atoms with Gasteiger partial charge in [0, 0.05) is 12.4 Å². The fourth-order valence-electron chi connectivity index (χ4n) is 0.433. The van der Waals surface area contributed by atoms with Crippen molar-refractivity contribution < 1.29 is 0 Å². The summed E-state index contributed by atoms with van der Waals surface area (Å²) < 4.78 is 1.75. The van der Waals surface area contributed by atoms with Crippen LogP contribution >= 0.6 is 0 Å². The minimum Gasteiger partial charge on any atom is -0.324 e. The second-order valence-corrected chi connectivity index (χ2v) is 1.24. The first-order chi connectivity index (χ1) is 3.43. The quantitative estimate of drug-likeness (QED) is 0.459. The Morgan fingerprint density at radius 3 is 2.86 bits per heavy atom. The molecule has 0 aliphatic rings. The fourth-order valence-corrected chi connectivity index (χ4v) is 0.433. The summed E-state index contributed by atoms with van der Waals surface area (Å²) in [6, 6.07) is 1.89. The number of hydrogen-bond donors (Lipinski definition) is 0. The van der Waals surface area contributed by atoms with E-state index in [4.69, 9.17) is 0 Å². The molecule has 0 bridgehead atoms. The molecule has 3 heteroatoms. The Labute approximate surface area is 43.4 Å². The molecule has 1 radical (unpaired) electrons. The Morgan fingerprint density at radius 2 is 2.57 bits per heavy atom. The van der Waals surface area contributed by atoms with Crippen molar-refractivity contribution in [1.82, 2.24) is 9.69 Å². The first kappa shape index (κ1) is 4.43. The number of nitrogens with zero attached hydrogens (tertiary/aromatic N) is 2. The van der Waals surface area contributed by atoms with Gasteiger partial charge in [-0.1, -0.05) is 6.82 Å². The summed E-state index contributed by atoms with van der Waals surface area (Å²) in [6.07, 6.45) is 3.64. The molecule has 0 unspecified atom stereocenters. The normalized spacial score (nSPS) is 8.71. The van der Waals surface area contributed by atoms with Crippen LogP contribution in [0.15, 0.2) is 18.5 Å². The van der Waals surface area contributed by atoms with Crippen LogP contribution < -0.4 is 0 Å². The van der Waals surface area contributed by atoms with Crippen molar-refractivity contribution in [1.29, 1.82) is 0 Å². The zero-order valence-electron chi connectivity index (χ0n) is 4.20. The maximum Gasteiger partial charge on any atom is 0.276 e. The SMILES string of the molecule is C[B]n1cccn1. The van der Waals surface area contributed by atoms with Crippen molar-refractivity contribution in [2.45, 2.75) is 6.82 Å². The van der Waals surface area contributed by atoms with Gasteiger partial charge < -0.3 is 4.59 Å². The molecule has 0 fully saturated rings. The van der Waals surface area contributed by atoms with E-state index in [9.17, 15) is 0 Å². The van der Waals surface area contributed by atoms with Crippen molar-refractivity contribution >= 4 is 7.41 Å². The van der Waals surface area contributed by atoms with Gasteiger partial charge in [-0.25, -0.2) is 0 Å². The molecule has 0 aromatic carbocycles. The third kappa shape index (κ3) is 0.826. The molecule has 0 aliphatic heterocycles. The zero-order valence-corrected chi connectivity index (χ0v) is 4.20. The molecule has 1 aromatic rings. The van der Waals surface area contributed by atoms with Crippen LogP contribution in [0.5, 0.6) is 0 Å². The van der Waals surface area contributed by atoms with E-state index in [0.717, 1.165) is 0 Å². The van der Waals surface area contributed by atoms with Gasteiger partial charge in [-0.05, 0) is 6.07 Å². The largest absolute Gasteiger partial charge is 0.324 e. The third-order valence-electron chi connectivity index (χ3n) is 0.789. The lowest BCUT2D eigenvalue weighted by Crippen LogP contribution is -1.99. The average Bonchev–Trinajstić information content (AvgIpc) is 2.14. The lowest BCUT2D eigenvalue weighted by Gasteiger charge is -1.85. The summed E-state index contributed by atoms with van der Waals surface area (Å²) in [5, 5.41) is 3.90. The molecule has 0 aliphatic carbocycles. The Balaban J connectivity index is 2.76. The van der Waals surface area contributed by atoms with E-state index in [1.807, 2.05) is 26.5 Å². The Kier molecular flexibility index (Phi) is 1.15. The molecule has 1 rings (SSSR count). The van der Waals surface area contributed by atoms with E-state index in [1.165, 1.54) is 0 Å². The van der Waals surface area contributed by atoms with E-state index < -0.39 is 0 Å². The highest BCUT2D eigenvalue weighted by Crippen LogP contribution is 1.76. The molecule has 35 valence electrons. The van der Waals surface area contributed by atoms with Crippen LogP contribution in [0.3, 0.4) is 0 Å². The summed E-state index contributed by atoms with van der Waals surface area (Å²) in [5.74, 6) is 0. The number of hydrogen-bond acceptors (Lipinski definition) is 1.